The Balaban J connectivity index is 2.01. The number of hydrogen-bond donors (Lipinski definition) is 1. The summed E-state index contributed by atoms with van der Waals surface area (Å²) in [5.41, 5.74) is 3.63. The molecule has 2 aromatic carbocycles. The molecule has 0 spiro atoms. The minimum absolute atomic E-state index is 0.218. The third-order valence-corrected chi connectivity index (χ3v) is 4.73. The van der Waals surface area contributed by atoms with E-state index < -0.39 is 12.0 Å². The van der Waals surface area contributed by atoms with Crippen molar-refractivity contribution in [1.29, 1.82) is 0 Å². The molecule has 1 amide bonds. The van der Waals surface area contributed by atoms with Crippen molar-refractivity contribution in [3.05, 3.63) is 72.2 Å². The topological polar surface area (TPSA) is 82.4 Å². The normalized spacial score (nSPS) is 11.6. The van der Waals surface area contributed by atoms with Gasteiger partial charge in [0.2, 0.25) is 5.91 Å². The Kier molecular flexibility index (Phi) is 6.85. The van der Waals surface area contributed by atoms with E-state index in [2.05, 4.69) is 10.3 Å². The molecular formula is C23H25N3O4. The van der Waals surface area contributed by atoms with Gasteiger partial charge in [0.05, 0.1) is 31.9 Å². The number of aromatic nitrogens is 2. The Bertz CT molecular complexity index is 997. The fraction of sp³-hybridized carbons (Fsp3) is 0.261. The van der Waals surface area contributed by atoms with Gasteiger partial charge in [0.15, 0.2) is 0 Å². The molecule has 0 saturated heterocycles. The molecule has 30 heavy (non-hydrogen) atoms. The molecule has 0 radical (unpaired) electrons. The van der Waals surface area contributed by atoms with E-state index in [0.717, 1.165) is 22.6 Å². The molecule has 0 aliphatic carbocycles. The van der Waals surface area contributed by atoms with Gasteiger partial charge in [-0.1, -0.05) is 30.3 Å². The molecule has 0 bridgehead atoms. The summed E-state index contributed by atoms with van der Waals surface area (Å²) in [6, 6.07) is 16.9. The fourth-order valence-electron chi connectivity index (χ4n) is 3.33. The minimum atomic E-state index is -0.815. The number of methoxy groups -OCH3 is 2. The minimum Gasteiger partial charge on any atom is -0.497 e. The number of nitrogens with one attached hydrogen (secondary N) is 1. The number of benzene rings is 2. The lowest BCUT2D eigenvalue weighted by Gasteiger charge is -2.16. The van der Waals surface area contributed by atoms with Gasteiger partial charge >= 0.3 is 5.97 Å². The zero-order valence-electron chi connectivity index (χ0n) is 17.3. The van der Waals surface area contributed by atoms with Crippen molar-refractivity contribution in [3.8, 4) is 17.0 Å². The summed E-state index contributed by atoms with van der Waals surface area (Å²) in [7, 11) is 2.92. The van der Waals surface area contributed by atoms with Gasteiger partial charge in [0.25, 0.3) is 0 Å². The molecule has 0 saturated carbocycles. The third kappa shape index (κ3) is 5.05. The molecule has 1 heterocycles. The molecule has 0 fully saturated rings. The first-order valence-corrected chi connectivity index (χ1v) is 9.59. The highest BCUT2D eigenvalue weighted by molar-refractivity contribution is 5.83. The van der Waals surface area contributed by atoms with Gasteiger partial charge in [-0.25, -0.2) is 9.78 Å². The van der Waals surface area contributed by atoms with E-state index in [1.165, 1.54) is 14.0 Å². The Morgan fingerprint density at radius 1 is 1.07 bits per heavy atom. The second-order valence-electron chi connectivity index (χ2n) is 6.86. The van der Waals surface area contributed by atoms with E-state index in [9.17, 15) is 9.59 Å². The van der Waals surface area contributed by atoms with Crippen LogP contribution < -0.4 is 10.1 Å². The zero-order valence-corrected chi connectivity index (χ0v) is 17.3. The average Bonchev–Trinajstić information content (AvgIpc) is 3.15. The molecular weight excluding hydrogens is 382 g/mol. The van der Waals surface area contributed by atoms with Crippen molar-refractivity contribution >= 4 is 11.9 Å². The average molecular weight is 407 g/mol. The first-order valence-electron chi connectivity index (χ1n) is 9.59. The maximum absolute atomic E-state index is 12.2. The third-order valence-electron chi connectivity index (χ3n) is 4.73. The lowest BCUT2D eigenvalue weighted by molar-refractivity contribution is -0.144. The SMILES string of the molecule is COC(=O)C(Cc1ncn(Cc2ccccc2)c1-c1ccc(OC)cc1)NC(C)=O. The van der Waals surface area contributed by atoms with Crippen LogP contribution >= 0.6 is 0 Å². The number of nitrogens with zero attached hydrogens (tertiary/aromatic N) is 2. The molecule has 3 rings (SSSR count). The smallest absolute Gasteiger partial charge is 0.328 e. The Morgan fingerprint density at radius 3 is 2.37 bits per heavy atom. The number of ether oxygens (including phenoxy) is 2. The summed E-state index contributed by atoms with van der Waals surface area (Å²) >= 11 is 0. The molecule has 156 valence electrons. The summed E-state index contributed by atoms with van der Waals surface area (Å²) < 4.78 is 12.2. The predicted octanol–water partition coefficient (Wildman–Crippen LogP) is 2.83. The highest BCUT2D eigenvalue weighted by Gasteiger charge is 2.25. The molecule has 1 unspecified atom stereocenters. The van der Waals surface area contributed by atoms with Crippen molar-refractivity contribution in [1.82, 2.24) is 14.9 Å². The Hall–Kier alpha value is -3.61. The van der Waals surface area contributed by atoms with Gasteiger partial charge in [-0.05, 0) is 29.8 Å². The quantitative estimate of drug-likeness (QED) is 0.581. The van der Waals surface area contributed by atoms with Gasteiger partial charge in [-0.3, -0.25) is 4.79 Å². The maximum atomic E-state index is 12.2. The molecule has 0 aliphatic rings. The molecule has 1 atom stereocenters. The van der Waals surface area contributed by atoms with Crippen molar-refractivity contribution in [2.24, 2.45) is 0 Å². The second kappa shape index (κ2) is 9.73. The van der Waals surface area contributed by atoms with Crippen LogP contribution in [0.5, 0.6) is 5.75 Å². The van der Waals surface area contributed by atoms with Crippen LogP contribution in [-0.2, 0) is 27.3 Å². The highest BCUT2D eigenvalue weighted by Crippen LogP contribution is 2.27. The Morgan fingerprint density at radius 2 is 1.77 bits per heavy atom. The number of esters is 1. The molecule has 3 aromatic rings. The van der Waals surface area contributed by atoms with Crippen molar-refractivity contribution in [2.45, 2.75) is 25.9 Å². The first kappa shape index (κ1) is 21.1. The number of rotatable bonds is 8. The summed E-state index contributed by atoms with van der Waals surface area (Å²) in [6.45, 7) is 1.99. The number of imidazole rings is 1. The van der Waals surface area contributed by atoms with E-state index in [-0.39, 0.29) is 12.3 Å². The van der Waals surface area contributed by atoms with Crippen LogP contribution in [0.2, 0.25) is 0 Å². The van der Waals surface area contributed by atoms with Crippen LogP contribution in [0.1, 0.15) is 18.2 Å². The lowest BCUT2D eigenvalue weighted by Crippen LogP contribution is -2.42. The predicted molar refractivity (Wildman–Crippen MR) is 113 cm³/mol. The van der Waals surface area contributed by atoms with Crippen LogP contribution in [0.3, 0.4) is 0 Å². The van der Waals surface area contributed by atoms with Crippen LogP contribution in [0.4, 0.5) is 0 Å². The molecule has 7 nitrogen and oxygen atoms in total. The summed E-state index contributed by atoms with van der Waals surface area (Å²) in [6.07, 6.45) is 1.97. The largest absolute Gasteiger partial charge is 0.497 e. The number of carbonyl (C=O) groups excluding carboxylic acids is 2. The van der Waals surface area contributed by atoms with Crippen LogP contribution in [0.25, 0.3) is 11.3 Å². The Labute approximate surface area is 175 Å². The highest BCUT2D eigenvalue weighted by atomic mass is 16.5. The van der Waals surface area contributed by atoms with Gasteiger partial charge < -0.3 is 19.4 Å². The van der Waals surface area contributed by atoms with E-state index in [1.807, 2.05) is 59.2 Å². The second-order valence-corrected chi connectivity index (χ2v) is 6.86. The summed E-state index contributed by atoms with van der Waals surface area (Å²) in [5, 5.41) is 2.65. The van der Waals surface area contributed by atoms with Gasteiger partial charge in [0.1, 0.15) is 11.8 Å². The summed E-state index contributed by atoms with van der Waals surface area (Å²) in [4.78, 5) is 28.3. The van der Waals surface area contributed by atoms with Gasteiger partial charge in [-0.15, -0.1) is 0 Å². The monoisotopic (exact) mass is 407 g/mol. The van der Waals surface area contributed by atoms with Crippen molar-refractivity contribution < 1.29 is 19.1 Å². The molecule has 7 heteroatoms. The number of carbonyl (C=O) groups is 2. The molecule has 1 N–H and O–H groups in total. The fourth-order valence-corrected chi connectivity index (χ4v) is 3.33. The van der Waals surface area contributed by atoms with Crippen molar-refractivity contribution in [2.75, 3.05) is 14.2 Å². The van der Waals surface area contributed by atoms with E-state index in [1.54, 1.807) is 13.4 Å². The van der Waals surface area contributed by atoms with Crippen LogP contribution in [-0.4, -0.2) is 41.7 Å². The number of amides is 1. The lowest BCUT2D eigenvalue weighted by atomic mass is 10.0. The van der Waals surface area contributed by atoms with E-state index in [4.69, 9.17) is 9.47 Å². The summed E-state index contributed by atoms with van der Waals surface area (Å²) in [5.74, 6) is -0.0660. The zero-order chi connectivity index (χ0) is 21.5. The van der Waals surface area contributed by atoms with Crippen LogP contribution in [0, 0.1) is 0 Å². The van der Waals surface area contributed by atoms with Gasteiger partial charge in [-0.2, -0.15) is 0 Å². The van der Waals surface area contributed by atoms with E-state index in [0.29, 0.717) is 12.2 Å². The number of hydrogen-bond acceptors (Lipinski definition) is 5. The van der Waals surface area contributed by atoms with Gasteiger partial charge in [0, 0.05) is 25.5 Å². The van der Waals surface area contributed by atoms with Crippen LogP contribution in [0.15, 0.2) is 60.9 Å². The van der Waals surface area contributed by atoms with Crippen molar-refractivity contribution in [3.63, 3.8) is 0 Å². The first-order chi connectivity index (χ1) is 14.5. The molecule has 1 aromatic heterocycles. The molecule has 0 aliphatic heterocycles. The standard InChI is InChI=1S/C23H25N3O4/c1-16(27)25-21(23(28)30-3)13-20-22(18-9-11-19(29-2)12-10-18)26(15-24-20)14-17-7-5-4-6-8-17/h4-12,15,21H,13-14H2,1-3H3,(H,25,27). The van der Waals surface area contributed by atoms with E-state index >= 15 is 0 Å². The maximum Gasteiger partial charge on any atom is 0.328 e.